The molecule has 1 unspecified atom stereocenters. The first-order valence-corrected chi connectivity index (χ1v) is 10.8. The molecule has 1 aliphatic heterocycles. The molecule has 0 N–H and O–H groups in total. The van der Waals surface area contributed by atoms with E-state index in [1.807, 2.05) is 23.1 Å². The summed E-state index contributed by atoms with van der Waals surface area (Å²) < 4.78 is 6.94. The van der Waals surface area contributed by atoms with Crippen molar-refractivity contribution in [2.24, 2.45) is 0 Å². The molecule has 5 heteroatoms. The smallest absolute Gasteiger partial charge is 0.229 e. The van der Waals surface area contributed by atoms with Crippen LogP contribution >= 0.6 is 11.3 Å². The number of benzene rings is 2. The van der Waals surface area contributed by atoms with Gasteiger partial charge in [0.1, 0.15) is 0 Å². The van der Waals surface area contributed by atoms with E-state index in [9.17, 15) is 4.79 Å². The summed E-state index contributed by atoms with van der Waals surface area (Å²) in [6.07, 6.45) is 3.40. The summed E-state index contributed by atoms with van der Waals surface area (Å²) in [6, 6.07) is 14.5. The van der Waals surface area contributed by atoms with Gasteiger partial charge in [-0.25, -0.2) is 4.98 Å². The van der Waals surface area contributed by atoms with Gasteiger partial charge in [-0.2, -0.15) is 0 Å². The van der Waals surface area contributed by atoms with E-state index in [4.69, 9.17) is 9.72 Å². The molecule has 0 bridgehead atoms. The summed E-state index contributed by atoms with van der Waals surface area (Å²) in [4.78, 5) is 19.8. The molecule has 2 aromatic carbocycles. The zero-order valence-corrected chi connectivity index (χ0v) is 17.3. The van der Waals surface area contributed by atoms with E-state index in [2.05, 4.69) is 38.1 Å². The van der Waals surface area contributed by atoms with E-state index in [1.54, 1.807) is 11.3 Å². The normalized spacial score (nSPS) is 16.6. The molecular weight excluding hydrogens is 368 g/mol. The van der Waals surface area contributed by atoms with Gasteiger partial charge in [0.05, 0.1) is 22.9 Å². The minimum absolute atomic E-state index is 0.108. The number of anilines is 1. The number of hydrogen-bond donors (Lipinski definition) is 0. The van der Waals surface area contributed by atoms with Gasteiger partial charge in [-0.1, -0.05) is 41.7 Å². The highest BCUT2D eigenvalue weighted by molar-refractivity contribution is 7.22. The van der Waals surface area contributed by atoms with Crippen molar-refractivity contribution in [3.05, 3.63) is 59.2 Å². The number of rotatable bonds is 6. The number of nitrogens with zero attached hydrogens (tertiary/aromatic N) is 2. The van der Waals surface area contributed by atoms with Gasteiger partial charge in [0.2, 0.25) is 5.91 Å². The maximum Gasteiger partial charge on any atom is 0.229 e. The maximum absolute atomic E-state index is 13.2. The fourth-order valence-corrected chi connectivity index (χ4v) is 4.66. The van der Waals surface area contributed by atoms with Gasteiger partial charge < -0.3 is 4.74 Å². The fourth-order valence-electron chi connectivity index (χ4n) is 3.59. The zero-order chi connectivity index (χ0) is 19.5. The topological polar surface area (TPSA) is 42.4 Å². The van der Waals surface area contributed by atoms with E-state index in [0.717, 1.165) is 41.2 Å². The Hall–Kier alpha value is -2.24. The Labute approximate surface area is 170 Å². The Bertz CT molecular complexity index is 922. The standard InChI is InChI=1S/C23H26N2O2S/c1-16-13-20-21(14-17(16)2)28-23(24-20)25(15-19-9-6-12-27-19)22(26)11-10-18-7-4-3-5-8-18/h3-5,7-8,13-14,19H,6,9-12,15H2,1-2H3. The SMILES string of the molecule is Cc1cc2nc(N(CC3CCCO3)C(=O)CCc3ccccc3)sc2cc1C. The van der Waals surface area contributed by atoms with Gasteiger partial charge in [0.25, 0.3) is 0 Å². The van der Waals surface area contributed by atoms with Crippen LogP contribution in [0.2, 0.25) is 0 Å². The fraction of sp³-hybridized carbons (Fsp3) is 0.391. The number of carbonyl (C=O) groups is 1. The van der Waals surface area contributed by atoms with E-state index in [-0.39, 0.29) is 12.0 Å². The molecule has 1 amide bonds. The average Bonchev–Trinajstić information content (AvgIpc) is 3.35. The molecule has 146 valence electrons. The second-order valence-corrected chi connectivity index (χ2v) is 8.53. The molecule has 0 saturated carbocycles. The van der Waals surface area contributed by atoms with E-state index in [0.29, 0.717) is 13.0 Å². The van der Waals surface area contributed by atoms with Crippen LogP contribution in [-0.2, 0) is 16.0 Å². The van der Waals surface area contributed by atoms with Crippen molar-refractivity contribution < 1.29 is 9.53 Å². The predicted molar refractivity (Wildman–Crippen MR) is 115 cm³/mol. The molecule has 0 spiro atoms. The first-order valence-electron chi connectivity index (χ1n) is 9.94. The van der Waals surface area contributed by atoms with Crippen LogP contribution in [0.4, 0.5) is 5.13 Å². The summed E-state index contributed by atoms with van der Waals surface area (Å²) in [5.74, 6) is 0.117. The Kier molecular flexibility index (Phi) is 5.74. The van der Waals surface area contributed by atoms with Crippen LogP contribution in [-0.4, -0.2) is 30.1 Å². The third-order valence-corrected chi connectivity index (χ3v) is 6.45. The number of ether oxygens (including phenoxy) is 1. The molecular formula is C23H26N2O2S. The molecule has 1 saturated heterocycles. The van der Waals surface area contributed by atoms with Gasteiger partial charge in [0.15, 0.2) is 5.13 Å². The maximum atomic E-state index is 13.2. The lowest BCUT2D eigenvalue weighted by Gasteiger charge is -2.23. The van der Waals surface area contributed by atoms with Crippen LogP contribution in [0.5, 0.6) is 0 Å². The van der Waals surface area contributed by atoms with Crippen molar-refractivity contribution >= 4 is 32.6 Å². The predicted octanol–water partition coefficient (Wildman–Crippen LogP) is 5.06. The number of hydrogen-bond acceptors (Lipinski definition) is 4. The highest BCUT2D eigenvalue weighted by atomic mass is 32.1. The lowest BCUT2D eigenvalue weighted by Crippen LogP contribution is -2.37. The van der Waals surface area contributed by atoms with E-state index < -0.39 is 0 Å². The molecule has 4 nitrogen and oxygen atoms in total. The Morgan fingerprint density at radius 3 is 2.75 bits per heavy atom. The second-order valence-electron chi connectivity index (χ2n) is 7.53. The Balaban J connectivity index is 1.58. The van der Waals surface area contributed by atoms with E-state index in [1.165, 1.54) is 16.7 Å². The number of carbonyl (C=O) groups excluding carboxylic acids is 1. The van der Waals surface area contributed by atoms with Crippen LogP contribution in [0.15, 0.2) is 42.5 Å². The Morgan fingerprint density at radius 2 is 2.00 bits per heavy atom. The quantitative estimate of drug-likeness (QED) is 0.587. The number of aryl methyl sites for hydroxylation is 3. The van der Waals surface area contributed by atoms with Crippen molar-refractivity contribution in [2.75, 3.05) is 18.1 Å². The summed E-state index contributed by atoms with van der Waals surface area (Å²) >= 11 is 1.60. The van der Waals surface area contributed by atoms with Crippen molar-refractivity contribution in [3.63, 3.8) is 0 Å². The van der Waals surface area contributed by atoms with Crippen molar-refractivity contribution in [1.82, 2.24) is 4.98 Å². The Morgan fingerprint density at radius 1 is 1.21 bits per heavy atom. The van der Waals surface area contributed by atoms with Gasteiger partial charge in [0, 0.05) is 13.0 Å². The highest BCUT2D eigenvalue weighted by Gasteiger charge is 2.26. The first-order chi connectivity index (χ1) is 13.6. The van der Waals surface area contributed by atoms with Crippen molar-refractivity contribution in [1.29, 1.82) is 0 Å². The summed E-state index contributed by atoms with van der Waals surface area (Å²) in [6.45, 7) is 5.59. The van der Waals surface area contributed by atoms with Gasteiger partial charge in [-0.15, -0.1) is 0 Å². The molecule has 2 heterocycles. The molecule has 0 aliphatic carbocycles. The summed E-state index contributed by atoms with van der Waals surface area (Å²) in [5, 5.41) is 0.786. The minimum atomic E-state index is 0.108. The molecule has 1 aromatic heterocycles. The molecule has 3 aromatic rings. The lowest BCUT2D eigenvalue weighted by atomic mass is 10.1. The second kappa shape index (κ2) is 8.41. The third-order valence-electron chi connectivity index (χ3n) is 5.41. The van der Waals surface area contributed by atoms with Crippen LogP contribution in [0, 0.1) is 13.8 Å². The zero-order valence-electron chi connectivity index (χ0n) is 16.5. The largest absolute Gasteiger partial charge is 0.376 e. The molecule has 4 rings (SSSR count). The van der Waals surface area contributed by atoms with Gasteiger partial charge in [-0.05, 0) is 61.9 Å². The van der Waals surface area contributed by atoms with Crippen LogP contribution in [0.3, 0.4) is 0 Å². The van der Waals surface area contributed by atoms with Gasteiger partial charge >= 0.3 is 0 Å². The number of aromatic nitrogens is 1. The van der Waals surface area contributed by atoms with Crippen molar-refractivity contribution in [3.8, 4) is 0 Å². The van der Waals surface area contributed by atoms with Crippen LogP contribution < -0.4 is 4.90 Å². The molecule has 1 aliphatic rings. The lowest BCUT2D eigenvalue weighted by molar-refractivity contribution is -0.119. The molecule has 0 radical (unpaired) electrons. The third kappa shape index (κ3) is 4.26. The van der Waals surface area contributed by atoms with Crippen LogP contribution in [0.25, 0.3) is 10.2 Å². The van der Waals surface area contributed by atoms with E-state index >= 15 is 0 Å². The molecule has 1 atom stereocenters. The number of thiazole rings is 1. The monoisotopic (exact) mass is 394 g/mol. The highest BCUT2D eigenvalue weighted by Crippen LogP contribution is 2.32. The van der Waals surface area contributed by atoms with Gasteiger partial charge in [-0.3, -0.25) is 9.69 Å². The number of fused-ring (bicyclic) bond motifs is 1. The first kappa shape index (κ1) is 19.1. The van der Waals surface area contributed by atoms with Crippen molar-refractivity contribution in [2.45, 2.75) is 45.6 Å². The molecule has 28 heavy (non-hydrogen) atoms. The average molecular weight is 395 g/mol. The summed E-state index contributed by atoms with van der Waals surface area (Å²) in [7, 11) is 0. The number of amides is 1. The van der Waals surface area contributed by atoms with Crippen LogP contribution in [0.1, 0.15) is 36.0 Å². The minimum Gasteiger partial charge on any atom is -0.376 e. The molecule has 1 fully saturated rings. The summed E-state index contributed by atoms with van der Waals surface area (Å²) in [5.41, 5.74) is 4.63.